The van der Waals surface area contributed by atoms with Crippen LogP contribution < -0.4 is 0 Å². The molecule has 0 atom stereocenters. The van der Waals surface area contributed by atoms with Crippen LogP contribution in [-0.4, -0.2) is 15.8 Å². The van der Waals surface area contributed by atoms with Crippen LogP contribution in [0.2, 0.25) is 0 Å². The molecule has 104 valence electrons. The summed E-state index contributed by atoms with van der Waals surface area (Å²) in [6.45, 7) is 0. The fraction of sp³-hybridized carbons (Fsp3) is 0.0625. The minimum absolute atomic E-state index is 0.0209. The van der Waals surface area contributed by atoms with Crippen LogP contribution in [0.3, 0.4) is 0 Å². The highest BCUT2D eigenvalue weighted by Gasteiger charge is 2.13. The van der Waals surface area contributed by atoms with Crippen molar-refractivity contribution in [2.45, 2.75) is 6.42 Å². The Balaban J connectivity index is 1.95. The fourth-order valence-corrected chi connectivity index (χ4v) is 2.15. The summed E-state index contributed by atoms with van der Waals surface area (Å²) in [5.74, 6) is -2.10. The second-order valence-electron chi connectivity index (χ2n) is 4.58. The molecule has 0 radical (unpaired) electrons. The van der Waals surface area contributed by atoms with Crippen molar-refractivity contribution in [2.75, 3.05) is 0 Å². The monoisotopic (exact) mass is 284 g/mol. The number of aromatic nitrogens is 2. The maximum atomic E-state index is 13.2. The lowest BCUT2D eigenvalue weighted by atomic mass is 10.0. The van der Waals surface area contributed by atoms with Gasteiger partial charge in [-0.3, -0.25) is 14.8 Å². The summed E-state index contributed by atoms with van der Waals surface area (Å²) in [4.78, 5) is 20.6. The summed E-state index contributed by atoms with van der Waals surface area (Å²) in [7, 11) is 0. The van der Waals surface area contributed by atoms with Gasteiger partial charge in [0.15, 0.2) is 17.4 Å². The Hall–Kier alpha value is -2.69. The van der Waals surface area contributed by atoms with Crippen LogP contribution in [0, 0.1) is 11.6 Å². The number of para-hydroxylation sites is 1. The highest BCUT2D eigenvalue weighted by molar-refractivity contribution is 6.06. The smallest absolute Gasteiger partial charge is 0.169 e. The minimum Gasteiger partial charge on any atom is -0.294 e. The Morgan fingerprint density at radius 2 is 1.81 bits per heavy atom. The molecule has 0 saturated carbocycles. The van der Waals surface area contributed by atoms with Crippen LogP contribution in [0.15, 0.2) is 48.8 Å². The molecule has 0 aliphatic heterocycles. The van der Waals surface area contributed by atoms with E-state index in [1.807, 2.05) is 0 Å². The molecular weight excluding hydrogens is 274 g/mol. The molecule has 5 heteroatoms. The third kappa shape index (κ3) is 2.63. The molecule has 0 bridgehead atoms. The quantitative estimate of drug-likeness (QED) is 0.693. The van der Waals surface area contributed by atoms with Crippen molar-refractivity contribution in [3.8, 4) is 0 Å². The van der Waals surface area contributed by atoms with E-state index in [9.17, 15) is 13.6 Å². The summed E-state index contributed by atoms with van der Waals surface area (Å²) in [6, 6.07) is 8.57. The molecule has 0 saturated heterocycles. The molecule has 1 aromatic heterocycles. The number of hydrogen-bond donors (Lipinski definition) is 0. The third-order valence-electron chi connectivity index (χ3n) is 3.15. The highest BCUT2D eigenvalue weighted by Crippen LogP contribution is 2.17. The van der Waals surface area contributed by atoms with Gasteiger partial charge in [-0.15, -0.1) is 0 Å². The van der Waals surface area contributed by atoms with Gasteiger partial charge < -0.3 is 0 Å². The average molecular weight is 284 g/mol. The summed E-state index contributed by atoms with van der Waals surface area (Å²) in [5, 5.41) is 0. The van der Waals surface area contributed by atoms with Gasteiger partial charge in [-0.25, -0.2) is 8.78 Å². The SMILES string of the molecule is O=C(Cc1ccc(F)c(F)c1)c1cccc2nccnc12. The maximum Gasteiger partial charge on any atom is 0.169 e. The zero-order valence-electron chi connectivity index (χ0n) is 10.9. The fourth-order valence-electron chi connectivity index (χ4n) is 2.15. The lowest BCUT2D eigenvalue weighted by Gasteiger charge is -2.05. The van der Waals surface area contributed by atoms with Gasteiger partial charge in [0.25, 0.3) is 0 Å². The van der Waals surface area contributed by atoms with E-state index < -0.39 is 11.6 Å². The van der Waals surface area contributed by atoms with Gasteiger partial charge in [0, 0.05) is 24.4 Å². The van der Waals surface area contributed by atoms with E-state index in [-0.39, 0.29) is 12.2 Å². The molecule has 0 spiro atoms. The molecule has 3 rings (SSSR count). The molecule has 3 aromatic rings. The molecule has 0 unspecified atom stereocenters. The average Bonchev–Trinajstić information content (AvgIpc) is 2.50. The summed E-state index contributed by atoms with van der Waals surface area (Å²) in [5.41, 5.74) is 1.96. The van der Waals surface area contributed by atoms with Crippen molar-refractivity contribution in [3.63, 3.8) is 0 Å². The number of halogens is 2. The first-order chi connectivity index (χ1) is 10.1. The molecule has 3 nitrogen and oxygen atoms in total. The van der Waals surface area contributed by atoms with Crippen LogP contribution in [0.5, 0.6) is 0 Å². The predicted octanol–water partition coefficient (Wildman–Crippen LogP) is 3.33. The Morgan fingerprint density at radius 3 is 2.62 bits per heavy atom. The first-order valence-electron chi connectivity index (χ1n) is 6.32. The molecule has 1 heterocycles. The number of Topliss-reactive ketones (excluding diaryl/α,β-unsaturated/α-hetero) is 1. The van der Waals surface area contributed by atoms with Crippen LogP contribution in [0.1, 0.15) is 15.9 Å². The van der Waals surface area contributed by atoms with Crippen LogP contribution in [0.4, 0.5) is 8.78 Å². The first-order valence-corrected chi connectivity index (χ1v) is 6.32. The van der Waals surface area contributed by atoms with E-state index in [1.165, 1.54) is 12.3 Å². The van der Waals surface area contributed by atoms with Crippen LogP contribution in [-0.2, 0) is 6.42 Å². The summed E-state index contributed by atoms with van der Waals surface area (Å²) in [6.07, 6.45) is 3.04. The Bertz CT molecular complexity index is 828. The lowest BCUT2D eigenvalue weighted by molar-refractivity contribution is 0.0994. The Morgan fingerprint density at radius 1 is 1.00 bits per heavy atom. The number of benzene rings is 2. The number of ketones is 1. The van der Waals surface area contributed by atoms with Crippen molar-refractivity contribution in [3.05, 3.63) is 71.6 Å². The van der Waals surface area contributed by atoms with Crippen molar-refractivity contribution < 1.29 is 13.6 Å². The van der Waals surface area contributed by atoms with Crippen LogP contribution in [0.25, 0.3) is 11.0 Å². The van der Waals surface area contributed by atoms with Crippen LogP contribution >= 0.6 is 0 Å². The first kappa shape index (κ1) is 13.3. The number of rotatable bonds is 3. The van der Waals surface area contributed by atoms with Crippen molar-refractivity contribution in [1.29, 1.82) is 0 Å². The van der Waals surface area contributed by atoms with E-state index in [2.05, 4.69) is 9.97 Å². The highest BCUT2D eigenvalue weighted by atomic mass is 19.2. The molecule has 0 aliphatic rings. The standard InChI is InChI=1S/C16H10F2N2O/c17-12-5-4-10(8-13(12)18)9-15(21)11-2-1-3-14-16(11)20-7-6-19-14/h1-8H,9H2. The molecular formula is C16H10F2N2O. The number of nitrogens with zero attached hydrogens (tertiary/aromatic N) is 2. The molecule has 0 amide bonds. The maximum absolute atomic E-state index is 13.2. The van der Waals surface area contributed by atoms with Gasteiger partial charge in [-0.05, 0) is 29.8 Å². The van der Waals surface area contributed by atoms with Crippen molar-refractivity contribution in [1.82, 2.24) is 9.97 Å². The van der Waals surface area contributed by atoms with E-state index >= 15 is 0 Å². The molecule has 2 aromatic carbocycles. The second kappa shape index (κ2) is 5.36. The van der Waals surface area contributed by atoms with Crippen molar-refractivity contribution >= 4 is 16.8 Å². The van der Waals surface area contributed by atoms with E-state index in [0.717, 1.165) is 12.1 Å². The Kier molecular flexibility index (Phi) is 3.39. The third-order valence-corrected chi connectivity index (χ3v) is 3.15. The number of carbonyl (C=O) groups excluding carboxylic acids is 1. The number of hydrogen-bond acceptors (Lipinski definition) is 3. The zero-order valence-corrected chi connectivity index (χ0v) is 10.9. The number of carbonyl (C=O) groups is 1. The summed E-state index contributed by atoms with van der Waals surface area (Å²) < 4.78 is 26.1. The van der Waals surface area contributed by atoms with Gasteiger partial charge in [0.1, 0.15) is 0 Å². The van der Waals surface area contributed by atoms with Gasteiger partial charge in [0.05, 0.1) is 11.0 Å². The predicted molar refractivity (Wildman–Crippen MR) is 73.9 cm³/mol. The van der Waals surface area contributed by atoms with Crippen molar-refractivity contribution in [2.24, 2.45) is 0 Å². The van der Waals surface area contributed by atoms with Gasteiger partial charge in [-0.2, -0.15) is 0 Å². The Labute approximate surface area is 119 Å². The topological polar surface area (TPSA) is 42.9 Å². The largest absolute Gasteiger partial charge is 0.294 e. The zero-order chi connectivity index (χ0) is 14.8. The molecule has 21 heavy (non-hydrogen) atoms. The normalized spacial score (nSPS) is 10.8. The van der Waals surface area contributed by atoms with E-state index in [4.69, 9.17) is 0 Å². The molecule has 0 aliphatic carbocycles. The van der Waals surface area contributed by atoms with E-state index in [1.54, 1.807) is 24.4 Å². The molecule has 0 fully saturated rings. The summed E-state index contributed by atoms with van der Waals surface area (Å²) >= 11 is 0. The van der Waals surface area contributed by atoms with E-state index in [0.29, 0.717) is 22.2 Å². The second-order valence-corrected chi connectivity index (χ2v) is 4.58. The molecule has 0 N–H and O–H groups in total. The van der Waals surface area contributed by atoms with Gasteiger partial charge in [-0.1, -0.05) is 12.1 Å². The van der Waals surface area contributed by atoms with Gasteiger partial charge in [0.2, 0.25) is 0 Å². The minimum atomic E-state index is -0.960. The lowest BCUT2D eigenvalue weighted by Crippen LogP contribution is -2.06. The number of fused-ring (bicyclic) bond motifs is 1. The van der Waals surface area contributed by atoms with Gasteiger partial charge >= 0.3 is 0 Å².